The van der Waals surface area contributed by atoms with E-state index in [4.69, 9.17) is 5.73 Å². The van der Waals surface area contributed by atoms with E-state index in [1.54, 1.807) is 30.3 Å². The summed E-state index contributed by atoms with van der Waals surface area (Å²) in [5.41, 5.74) is 5.60. The molecule has 1 saturated heterocycles. The molecule has 4 rings (SSSR count). The first-order valence-electron chi connectivity index (χ1n) is 10.6. The van der Waals surface area contributed by atoms with Gasteiger partial charge in [0, 0.05) is 18.1 Å². The summed E-state index contributed by atoms with van der Waals surface area (Å²) >= 11 is 2.45. The van der Waals surface area contributed by atoms with Gasteiger partial charge in [0.05, 0.1) is 18.2 Å². The molecule has 1 fully saturated rings. The third-order valence-electron chi connectivity index (χ3n) is 5.40. The Kier molecular flexibility index (Phi) is 9.97. The van der Waals surface area contributed by atoms with Crippen LogP contribution in [0, 0.1) is 0 Å². The molecule has 17 heteroatoms. The molecule has 0 spiro atoms. The standard InChI is InChI=1S/C20H22N8O6S2.Na/c21-19(34)22-6-7-27-20(24-25-26-27)36-9-11-8-35-17-12(16(31)28(17)13(11)18(32)33)23-15(30)14(29)10-4-2-1-3-5-10;/h1-5,12,14,17,29H,6-9H2,(H,23,30)(H,32,33)(H3,21,22,34);/q;+1/p-1/t12?,14?,17-;/m1./s1. The Balaban J connectivity index is 0.00000380. The maximum atomic E-state index is 12.8. The van der Waals surface area contributed by atoms with Crippen LogP contribution in [0.25, 0.3) is 0 Å². The fraction of sp³-hybridized carbons (Fsp3) is 0.350. The van der Waals surface area contributed by atoms with E-state index in [0.717, 1.165) is 16.7 Å². The number of nitrogens with zero attached hydrogens (tertiary/aromatic N) is 5. The summed E-state index contributed by atoms with van der Waals surface area (Å²) in [4.78, 5) is 49.2. The number of carboxylic acid groups (broad SMARTS) is 1. The molecule has 2 aliphatic rings. The molecule has 190 valence electrons. The number of nitrogens with one attached hydrogen (secondary N) is 2. The van der Waals surface area contributed by atoms with E-state index >= 15 is 0 Å². The second-order valence-corrected chi connectivity index (χ2v) is 9.76. The summed E-state index contributed by atoms with van der Waals surface area (Å²) in [5, 5.41) is 38.2. The number of aliphatic hydroxyl groups excluding tert-OH is 1. The number of primary amides is 1. The number of thioether (sulfide) groups is 2. The second kappa shape index (κ2) is 12.7. The SMILES string of the molecule is NC(=O)NCCn1nnnc1SCC1=C(C(=O)[O-])N2C(=O)C(NC(=O)C(O)c3ccccc3)[C@H]2SC1.[Na+]. The van der Waals surface area contributed by atoms with Crippen LogP contribution in [0.5, 0.6) is 0 Å². The molecule has 37 heavy (non-hydrogen) atoms. The maximum Gasteiger partial charge on any atom is 1.00 e. The predicted octanol–water partition coefficient (Wildman–Crippen LogP) is -5.42. The number of carbonyl (C=O) groups is 4. The average Bonchev–Trinajstić information content (AvgIpc) is 3.32. The number of fused-ring (bicyclic) bond motifs is 1. The number of carbonyl (C=O) groups excluding carboxylic acids is 4. The zero-order valence-electron chi connectivity index (χ0n) is 19.6. The van der Waals surface area contributed by atoms with Gasteiger partial charge in [-0.25, -0.2) is 9.48 Å². The molecule has 2 aromatic rings. The van der Waals surface area contributed by atoms with Crippen LogP contribution in [0.1, 0.15) is 11.7 Å². The van der Waals surface area contributed by atoms with E-state index in [1.807, 2.05) is 0 Å². The number of nitrogens with two attached hydrogens (primary N) is 1. The van der Waals surface area contributed by atoms with Gasteiger partial charge in [0.1, 0.15) is 11.4 Å². The van der Waals surface area contributed by atoms with Crippen LogP contribution in [0.15, 0.2) is 46.8 Å². The molecular weight excluding hydrogens is 535 g/mol. The quantitative estimate of drug-likeness (QED) is 0.123. The number of rotatable bonds is 10. The van der Waals surface area contributed by atoms with Gasteiger partial charge >= 0.3 is 35.6 Å². The molecule has 1 aromatic carbocycles. The molecule has 5 N–H and O–H groups in total. The maximum absolute atomic E-state index is 12.8. The smallest absolute Gasteiger partial charge is 0.543 e. The molecule has 0 radical (unpaired) electrons. The number of benzene rings is 1. The normalized spacial score (nSPS) is 19.3. The first-order valence-corrected chi connectivity index (χ1v) is 12.6. The molecule has 14 nitrogen and oxygen atoms in total. The Morgan fingerprint density at radius 3 is 2.70 bits per heavy atom. The number of urea groups is 1. The van der Waals surface area contributed by atoms with Gasteiger partial charge in [-0.05, 0) is 21.6 Å². The molecule has 4 amide bonds. The Morgan fingerprint density at radius 2 is 2.03 bits per heavy atom. The summed E-state index contributed by atoms with van der Waals surface area (Å²) in [6.07, 6.45) is -1.46. The number of amides is 4. The number of tetrazole rings is 1. The summed E-state index contributed by atoms with van der Waals surface area (Å²) < 4.78 is 1.43. The van der Waals surface area contributed by atoms with Crippen LogP contribution >= 0.6 is 23.5 Å². The number of aliphatic hydroxyl groups is 1. The van der Waals surface area contributed by atoms with Crippen molar-refractivity contribution in [3.05, 3.63) is 47.2 Å². The molecule has 0 aliphatic carbocycles. The summed E-state index contributed by atoms with van der Waals surface area (Å²) in [7, 11) is 0. The summed E-state index contributed by atoms with van der Waals surface area (Å²) in [6, 6.07) is 6.59. The second-order valence-electron chi connectivity index (χ2n) is 7.71. The zero-order chi connectivity index (χ0) is 25.8. The van der Waals surface area contributed by atoms with Crippen LogP contribution in [-0.2, 0) is 20.9 Å². The number of aliphatic carboxylic acids is 1. The molecule has 2 aliphatic heterocycles. The average molecular weight is 557 g/mol. The van der Waals surface area contributed by atoms with Gasteiger partial charge in [-0.1, -0.05) is 42.1 Å². The molecule has 2 unspecified atom stereocenters. The van der Waals surface area contributed by atoms with Crippen LogP contribution < -0.4 is 51.0 Å². The number of β-lactam (4-membered cyclic amide) rings is 1. The van der Waals surface area contributed by atoms with Crippen molar-refractivity contribution < 1.29 is 58.9 Å². The Hall–Kier alpha value is -2.63. The summed E-state index contributed by atoms with van der Waals surface area (Å²) in [5.74, 6) is -2.44. The van der Waals surface area contributed by atoms with E-state index in [2.05, 4.69) is 26.2 Å². The molecule has 0 bridgehead atoms. The Morgan fingerprint density at radius 1 is 1.30 bits per heavy atom. The number of hydrogen-bond acceptors (Lipinski definition) is 11. The van der Waals surface area contributed by atoms with Crippen LogP contribution in [0.3, 0.4) is 0 Å². The van der Waals surface area contributed by atoms with Crippen molar-refractivity contribution in [3.63, 3.8) is 0 Å². The Labute approximate surface area is 241 Å². The van der Waals surface area contributed by atoms with Crippen molar-refractivity contribution in [3.8, 4) is 0 Å². The van der Waals surface area contributed by atoms with Gasteiger partial charge in [0.15, 0.2) is 6.10 Å². The van der Waals surface area contributed by atoms with Crippen molar-refractivity contribution in [1.82, 2.24) is 35.7 Å². The molecule has 0 saturated carbocycles. The molecule has 3 atom stereocenters. The zero-order valence-corrected chi connectivity index (χ0v) is 23.2. The number of hydrogen-bond donors (Lipinski definition) is 4. The largest absolute Gasteiger partial charge is 1.00 e. The van der Waals surface area contributed by atoms with Crippen molar-refractivity contribution in [2.45, 2.75) is 29.2 Å². The minimum atomic E-state index is -1.51. The third kappa shape index (κ3) is 6.45. The fourth-order valence-corrected chi connectivity index (χ4v) is 6.07. The molecular formula is C20H21N8NaO6S2. The van der Waals surface area contributed by atoms with Gasteiger partial charge in [-0.15, -0.1) is 16.9 Å². The fourth-order valence-electron chi connectivity index (χ4n) is 3.68. The van der Waals surface area contributed by atoms with Crippen molar-refractivity contribution in [1.29, 1.82) is 0 Å². The van der Waals surface area contributed by atoms with Gasteiger partial charge in [0.25, 0.3) is 11.8 Å². The third-order valence-corrected chi connectivity index (χ3v) is 7.78. The van der Waals surface area contributed by atoms with Gasteiger partial charge in [-0.3, -0.25) is 14.5 Å². The first kappa shape index (κ1) is 28.9. The van der Waals surface area contributed by atoms with E-state index in [0.29, 0.717) is 16.3 Å². The van der Waals surface area contributed by atoms with E-state index in [-0.39, 0.29) is 59.8 Å². The molecule has 3 heterocycles. The van der Waals surface area contributed by atoms with Crippen molar-refractivity contribution in [2.24, 2.45) is 5.73 Å². The van der Waals surface area contributed by atoms with Crippen LogP contribution in [-0.4, -0.2) is 83.5 Å². The Bertz CT molecular complexity index is 1210. The van der Waals surface area contributed by atoms with Crippen molar-refractivity contribution in [2.75, 3.05) is 18.1 Å². The van der Waals surface area contributed by atoms with Crippen LogP contribution in [0.4, 0.5) is 4.79 Å². The number of aromatic nitrogens is 4. The summed E-state index contributed by atoms with van der Waals surface area (Å²) in [6.45, 7) is 0.453. The topological polar surface area (TPSA) is 208 Å². The van der Waals surface area contributed by atoms with Crippen LogP contribution in [0.2, 0.25) is 0 Å². The monoisotopic (exact) mass is 556 g/mol. The number of carboxylic acids is 1. The minimum Gasteiger partial charge on any atom is -0.543 e. The van der Waals surface area contributed by atoms with Gasteiger partial charge < -0.3 is 31.4 Å². The predicted molar refractivity (Wildman–Crippen MR) is 125 cm³/mol. The van der Waals surface area contributed by atoms with E-state index in [9.17, 15) is 29.4 Å². The van der Waals surface area contributed by atoms with E-state index in [1.165, 1.54) is 16.4 Å². The van der Waals surface area contributed by atoms with Gasteiger partial charge in [-0.2, -0.15) is 0 Å². The first-order chi connectivity index (χ1) is 17.3. The van der Waals surface area contributed by atoms with Crippen molar-refractivity contribution >= 4 is 47.3 Å². The van der Waals surface area contributed by atoms with Gasteiger partial charge in [0.2, 0.25) is 5.16 Å². The minimum absolute atomic E-state index is 0. The van der Waals surface area contributed by atoms with E-state index < -0.39 is 41.3 Å². The molecule has 1 aromatic heterocycles.